The average Bonchev–Trinajstić information content (AvgIpc) is 3.21. The van der Waals surface area contributed by atoms with E-state index >= 15 is 0 Å². The molecule has 1 aliphatic rings. The molecule has 228 valence electrons. The average molecular weight is 591 g/mol. The monoisotopic (exact) mass is 590 g/mol. The highest BCUT2D eigenvalue weighted by Gasteiger charge is 2.24. The molecule has 0 heterocycles. The van der Waals surface area contributed by atoms with Gasteiger partial charge in [0, 0.05) is 13.5 Å². The van der Waals surface area contributed by atoms with Crippen LogP contribution in [0.25, 0.3) is 12.2 Å². The summed E-state index contributed by atoms with van der Waals surface area (Å²) in [6, 6.07) is 31.5. The second-order valence-corrected chi connectivity index (χ2v) is 11.3. The van der Waals surface area contributed by atoms with E-state index in [9.17, 15) is 9.90 Å². The predicted octanol–water partition coefficient (Wildman–Crippen LogP) is 8.13. The van der Waals surface area contributed by atoms with E-state index in [1.807, 2.05) is 24.3 Å². The number of methoxy groups -OCH3 is 1. The molecule has 5 rings (SSSR count). The Morgan fingerprint density at radius 2 is 1.59 bits per heavy atom. The first-order valence-corrected chi connectivity index (χ1v) is 15.6. The van der Waals surface area contributed by atoms with Gasteiger partial charge in [-0.1, -0.05) is 104 Å². The number of rotatable bonds is 15. The van der Waals surface area contributed by atoms with Gasteiger partial charge in [-0.05, 0) is 82.3 Å². The molecule has 0 fully saturated rings. The van der Waals surface area contributed by atoms with Crippen LogP contribution in [0.4, 0.5) is 0 Å². The highest BCUT2D eigenvalue weighted by atomic mass is 16.5. The third-order valence-electron chi connectivity index (χ3n) is 8.26. The number of benzene rings is 4. The summed E-state index contributed by atoms with van der Waals surface area (Å²) in [6.45, 7) is 3.04. The summed E-state index contributed by atoms with van der Waals surface area (Å²) in [5.74, 6) is -0.252. The standard InChI is InChI=1S/C39H42O5/c1-3-4-9-29-15-19-32-20-23-34-31(18-14-28-10-6-5-7-11-28)12-8-13-35(34)38(36(32)26-29)44-25-24-43-33-21-16-30(17-22-33)27-37(42-2)39(40)41/h5-8,10-13,15-17,19-23,26,37-38H,3-4,9,14,18,24-25,27H2,1-2H3,(H,40,41). The fourth-order valence-electron chi connectivity index (χ4n) is 5.80. The number of unbranched alkanes of at least 4 members (excludes halogenated alkanes) is 1. The molecular weight excluding hydrogens is 548 g/mol. The van der Waals surface area contributed by atoms with Crippen LogP contribution in [0.15, 0.2) is 91.0 Å². The van der Waals surface area contributed by atoms with Crippen LogP contribution in [0.3, 0.4) is 0 Å². The Morgan fingerprint density at radius 1 is 0.795 bits per heavy atom. The maximum absolute atomic E-state index is 11.3. The zero-order valence-electron chi connectivity index (χ0n) is 25.7. The smallest absolute Gasteiger partial charge is 0.333 e. The summed E-state index contributed by atoms with van der Waals surface area (Å²) < 4.78 is 17.8. The number of carboxylic acids is 1. The van der Waals surface area contributed by atoms with Crippen LogP contribution in [0.5, 0.6) is 5.75 Å². The summed E-state index contributed by atoms with van der Waals surface area (Å²) in [5, 5.41) is 9.25. The summed E-state index contributed by atoms with van der Waals surface area (Å²) in [7, 11) is 1.41. The zero-order chi connectivity index (χ0) is 30.7. The molecule has 0 bridgehead atoms. The molecule has 0 saturated carbocycles. The molecule has 5 heteroatoms. The normalized spacial score (nSPS) is 14.4. The van der Waals surface area contributed by atoms with Crippen molar-refractivity contribution in [2.24, 2.45) is 0 Å². The Hall–Kier alpha value is -4.19. The lowest BCUT2D eigenvalue weighted by Crippen LogP contribution is -2.24. The van der Waals surface area contributed by atoms with Crippen molar-refractivity contribution in [3.63, 3.8) is 0 Å². The third kappa shape index (κ3) is 8.04. The van der Waals surface area contributed by atoms with Crippen LogP contribution in [0.1, 0.15) is 70.4 Å². The largest absolute Gasteiger partial charge is 0.491 e. The quantitative estimate of drug-likeness (QED) is 0.142. The van der Waals surface area contributed by atoms with Gasteiger partial charge in [-0.25, -0.2) is 4.79 Å². The number of hydrogen-bond acceptors (Lipinski definition) is 4. The Bertz CT molecular complexity index is 1540. The van der Waals surface area contributed by atoms with E-state index in [-0.39, 0.29) is 6.10 Å². The van der Waals surface area contributed by atoms with Crippen LogP contribution in [0, 0.1) is 0 Å². The molecule has 4 aromatic carbocycles. The summed E-state index contributed by atoms with van der Waals surface area (Å²) in [6.07, 6.45) is 9.06. The Morgan fingerprint density at radius 3 is 2.34 bits per heavy atom. The molecule has 2 unspecified atom stereocenters. The van der Waals surface area contributed by atoms with Gasteiger partial charge in [-0.3, -0.25) is 0 Å². The molecule has 0 aliphatic heterocycles. The minimum atomic E-state index is -0.970. The van der Waals surface area contributed by atoms with E-state index in [0.29, 0.717) is 19.6 Å². The van der Waals surface area contributed by atoms with Crippen molar-refractivity contribution < 1.29 is 24.1 Å². The van der Waals surface area contributed by atoms with Crippen LogP contribution >= 0.6 is 0 Å². The van der Waals surface area contributed by atoms with Gasteiger partial charge in [0.2, 0.25) is 0 Å². The lowest BCUT2D eigenvalue weighted by atomic mass is 9.90. The van der Waals surface area contributed by atoms with Crippen molar-refractivity contribution in [2.75, 3.05) is 20.3 Å². The topological polar surface area (TPSA) is 65.0 Å². The lowest BCUT2D eigenvalue weighted by Gasteiger charge is -2.23. The SMILES string of the molecule is CCCCc1ccc2c(c1)C(OCCOc1ccc(CC(OC)C(=O)O)cc1)c1cccc(CCc3ccccc3)c1C=C2. The Balaban J connectivity index is 1.32. The fraction of sp³-hybridized carbons (Fsp3) is 0.308. The number of ether oxygens (including phenoxy) is 3. The lowest BCUT2D eigenvalue weighted by molar-refractivity contribution is -0.148. The van der Waals surface area contributed by atoms with E-state index < -0.39 is 12.1 Å². The number of fused-ring (bicyclic) bond motifs is 2. The van der Waals surface area contributed by atoms with E-state index in [1.165, 1.54) is 46.1 Å². The summed E-state index contributed by atoms with van der Waals surface area (Å²) in [4.78, 5) is 11.3. The number of hydrogen-bond donors (Lipinski definition) is 1. The van der Waals surface area contributed by atoms with Crippen molar-refractivity contribution >= 4 is 18.1 Å². The van der Waals surface area contributed by atoms with Crippen LogP contribution in [-0.4, -0.2) is 37.5 Å². The second-order valence-electron chi connectivity index (χ2n) is 11.3. The van der Waals surface area contributed by atoms with E-state index in [2.05, 4.69) is 85.8 Å². The van der Waals surface area contributed by atoms with Crippen molar-refractivity contribution in [3.8, 4) is 5.75 Å². The van der Waals surface area contributed by atoms with Gasteiger partial charge in [0.25, 0.3) is 0 Å². The molecule has 1 aliphatic carbocycles. The molecular formula is C39H42O5. The summed E-state index contributed by atoms with van der Waals surface area (Å²) >= 11 is 0. The van der Waals surface area contributed by atoms with Gasteiger partial charge in [-0.15, -0.1) is 0 Å². The maximum atomic E-state index is 11.3. The predicted molar refractivity (Wildman–Crippen MR) is 176 cm³/mol. The highest BCUT2D eigenvalue weighted by Crippen LogP contribution is 2.38. The minimum Gasteiger partial charge on any atom is -0.491 e. The first-order chi connectivity index (χ1) is 21.6. The van der Waals surface area contributed by atoms with E-state index in [4.69, 9.17) is 14.2 Å². The number of aryl methyl sites for hydroxylation is 3. The van der Waals surface area contributed by atoms with Crippen molar-refractivity contribution in [1.82, 2.24) is 0 Å². The van der Waals surface area contributed by atoms with Gasteiger partial charge in [0.05, 0.1) is 6.61 Å². The van der Waals surface area contributed by atoms with Crippen molar-refractivity contribution in [3.05, 3.63) is 136 Å². The number of carbonyl (C=O) groups is 1. The number of aliphatic carboxylic acids is 1. The Labute approximate surface area is 261 Å². The fourth-order valence-corrected chi connectivity index (χ4v) is 5.80. The first-order valence-electron chi connectivity index (χ1n) is 15.6. The van der Waals surface area contributed by atoms with Crippen LogP contribution in [0.2, 0.25) is 0 Å². The molecule has 44 heavy (non-hydrogen) atoms. The molecule has 0 radical (unpaired) electrons. The molecule has 0 spiro atoms. The van der Waals surface area contributed by atoms with Gasteiger partial charge < -0.3 is 19.3 Å². The highest BCUT2D eigenvalue weighted by molar-refractivity contribution is 5.78. The molecule has 0 saturated heterocycles. The summed E-state index contributed by atoms with van der Waals surface area (Å²) in [5.41, 5.74) is 9.70. The maximum Gasteiger partial charge on any atom is 0.333 e. The zero-order valence-corrected chi connectivity index (χ0v) is 25.7. The van der Waals surface area contributed by atoms with Crippen LogP contribution < -0.4 is 4.74 Å². The molecule has 0 amide bonds. The van der Waals surface area contributed by atoms with Gasteiger partial charge in [0.15, 0.2) is 6.10 Å². The van der Waals surface area contributed by atoms with Crippen LogP contribution in [-0.2, 0) is 40.0 Å². The van der Waals surface area contributed by atoms with Gasteiger partial charge >= 0.3 is 5.97 Å². The molecule has 1 N–H and O–H groups in total. The molecule has 0 aromatic heterocycles. The third-order valence-corrected chi connectivity index (χ3v) is 8.26. The Kier molecular flexibility index (Phi) is 11.0. The molecule has 4 aromatic rings. The molecule has 5 nitrogen and oxygen atoms in total. The van der Waals surface area contributed by atoms with Crippen molar-refractivity contribution in [2.45, 2.75) is 57.7 Å². The van der Waals surface area contributed by atoms with E-state index in [0.717, 1.165) is 43.4 Å². The van der Waals surface area contributed by atoms with Gasteiger partial charge in [-0.2, -0.15) is 0 Å². The van der Waals surface area contributed by atoms with Crippen molar-refractivity contribution in [1.29, 1.82) is 0 Å². The first kappa shape index (κ1) is 31.2. The number of carboxylic acid groups (broad SMARTS) is 1. The minimum absolute atomic E-state index is 0.207. The second kappa shape index (κ2) is 15.5. The van der Waals surface area contributed by atoms with Gasteiger partial charge in [0.1, 0.15) is 18.5 Å². The van der Waals surface area contributed by atoms with E-state index in [1.54, 1.807) is 0 Å². The molecule has 2 atom stereocenters.